The van der Waals surface area contributed by atoms with Gasteiger partial charge in [0.1, 0.15) is 21.6 Å². The number of aryl methyl sites for hydroxylation is 1. The zero-order valence-electron chi connectivity index (χ0n) is 15.6. The smallest absolute Gasteiger partial charge is 0.228 e. The van der Waals surface area contributed by atoms with Crippen LogP contribution in [-0.4, -0.2) is 25.4 Å². The van der Waals surface area contributed by atoms with Crippen molar-refractivity contribution in [2.75, 3.05) is 6.26 Å². The predicted octanol–water partition coefficient (Wildman–Crippen LogP) is 5.13. The van der Waals surface area contributed by atoms with E-state index in [-0.39, 0.29) is 5.82 Å². The maximum absolute atomic E-state index is 13.3. The van der Waals surface area contributed by atoms with Crippen molar-refractivity contribution in [3.8, 4) is 22.7 Å². The summed E-state index contributed by atoms with van der Waals surface area (Å²) in [7, 11) is -1.17. The van der Waals surface area contributed by atoms with Gasteiger partial charge in [0.15, 0.2) is 5.09 Å². The number of hydrogen-bond donors (Lipinski definition) is 0. The summed E-state index contributed by atoms with van der Waals surface area (Å²) >= 11 is 1.34. The first kappa shape index (κ1) is 19.5. The minimum absolute atomic E-state index is 0.327. The van der Waals surface area contributed by atoms with E-state index in [1.807, 2.05) is 25.1 Å². The fourth-order valence-corrected chi connectivity index (χ4v) is 3.85. The van der Waals surface area contributed by atoms with Crippen LogP contribution in [0.3, 0.4) is 0 Å². The highest BCUT2D eigenvalue weighted by molar-refractivity contribution is 7.99. The molecule has 0 aliphatic rings. The van der Waals surface area contributed by atoms with Gasteiger partial charge in [0.05, 0.1) is 10.8 Å². The van der Waals surface area contributed by atoms with E-state index in [1.165, 1.54) is 23.9 Å². The SMILES string of the molecule is Cc1ccc(Sc2oc(-c3ccc(F)cc3)nc2-c2ccc(S(C)=O)nc2)nc1. The van der Waals surface area contributed by atoms with Crippen molar-refractivity contribution >= 4 is 22.6 Å². The number of hydrogen-bond acceptors (Lipinski definition) is 6. The van der Waals surface area contributed by atoms with Crippen LogP contribution >= 0.6 is 11.8 Å². The second-order valence-corrected chi connectivity index (χ2v) is 8.60. The molecule has 0 saturated carbocycles. The van der Waals surface area contributed by atoms with E-state index in [1.54, 1.807) is 36.8 Å². The van der Waals surface area contributed by atoms with Crippen molar-refractivity contribution in [1.29, 1.82) is 0 Å². The van der Waals surface area contributed by atoms with Crippen LogP contribution in [0.5, 0.6) is 0 Å². The number of aromatic nitrogens is 3. The number of rotatable bonds is 5. The third-order valence-electron chi connectivity index (χ3n) is 4.07. The molecule has 1 aromatic carbocycles. The van der Waals surface area contributed by atoms with E-state index >= 15 is 0 Å². The van der Waals surface area contributed by atoms with E-state index in [9.17, 15) is 8.60 Å². The molecule has 0 aliphatic heterocycles. The molecule has 0 bridgehead atoms. The molecule has 0 N–H and O–H groups in total. The van der Waals surface area contributed by atoms with E-state index in [0.717, 1.165) is 16.2 Å². The molecule has 4 rings (SSSR count). The molecule has 3 aromatic heterocycles. The first-order valence-electron chi connectivity index (χ1n) is 8.67. The van der Waals surface area contributed by atoms with Crippen molar-refractivity contribution < 1.29 is 13.0 Å². The Labute approximate surface area is 173 Å². The third kappa shape index (κ3) is 4.44. The van der Waals surface area contributed by atoms with Gasteiger partial charge in [-0.05, 0) is 66.7 Å². The number of oxazole rings is 1. The van der Waals surface area contributed by atoms with Crippen LogP contribution in [0.1, 0.15) is 5.56 Å². The highest BCUT2D eigenvalue weighted by Gasteiger charge is 2.19. The predicted molar refractivity (Wildman–Crippen MR) is 111 cm³/mol. The molecule has 146 valence electrons. The molecule has 5 nitrogen and oxygen atoms in total. The van der Waals surface area contributed by atoms with Crippen LogP contribution in [0.25, 0.3) is 22.7 Å². The van der Waals surface area contributed by atoms with Crippen molar-refractivity contribution in [3.63, 3.8) is 0 Å². The van der Waals surface area contributed by atoms with E-state index in [0.29, 0.717) is 27.3 Å². The summed E-state index contributed by atoms with van der Waals surface area (Å²) < 4.78 is 30.9. The van der Waals surface area contributed by atoms with Crippen molar-refractivity contribution in [3.05, 3.63) is 72.3 Å². The molecule has 0 radical (unpaired) electrons. The molecule has 0 amide bonds. The summed E-state index contributed by atoms with van der Waals surface area (Å²) in [6, 6.07) is 13.3. The number of halogens is 1. The lowest BCUT2D eigenvalue weighted by Gasteiger charge is -2.02. The zero-order valence-corrected chi connectivity index (χ0v) is 17.3. The van der Waals surface area contributed by atoms with E-state index in [4.69, 9.17) is 4.42 Å². The van der Waals surface area contributed by atoms with E-state index < -0.39 is 10.8 Å². The summed E-state index contributed by atoms with van der Waals surface area (Å²) in [6.45, 7) is 1.97. The molecule has 4 aromatic rings. The zero-order chi connectivity index (χ0) is 20.4. The highest BCUT2D eigenvalue weighted by atomic mass is 32.2. The highest BCUT2D eigenvalue weighted by Crippen LogP contribution is 2.38. The molecule has 1 atom stereocenters. The van der Waals surface area contributed by atoms with Gasteiger partial charge in [-0.3, -0.25) is 4.21 Å². The molecule has 0 saturated heterocycles. The largest absolute Gasteiger partial charge is 0.429 e. The topological polar surface area (TPSA) is 68.9 Å². The fourth-order valence-electron chi connectivity index (χ4n) is 2.57. The van der Waals surface area contributed by atoms with Crippen molar-refractivity contribution in [2.24, 2.45) is 0 Å². The lowest BCUT2D eigenvalue weighted by molar-refractivity contribution is 0.485. The van der Waals surface area contributed by atoms with Gasteiger partial charge in [0.25, 0.3) is 0 Å². The van der Waals surface area contributed by atoms with Gasteiger partial charge >= 0.3 is 0 Å². The quantitative estimate of drug-likeness (QED) is 0.441. The monoisotopic (exact) mass is 425 g/mol. The normalized spacial score (nSPS) is 12.1. The van der Waals surface area contributed by atoms with Gasteiger partial charge in [0, 0.05) is 29.8 Å². The summed E-state index contributed by atoms with van der Waals surface area (Å²) in [6.07, 6.45) is 4.98. The number of benzene rings is 1. The van der Waals surface area contributed by atoms with Gasteiger partial charge in [-0.2, -0.15) is 0 Å². The van der Waals surface area contributed by atoms with Gasteiger partial charge in [-0.1, -0.05) is 6.07 Å². The van der Waals surface area contributed by atoms with Gasteiger partial charge in [-0.25, -0.2) is 19.3 Å². The summed E-state index contributed by atoms with van der Waals surface area (Å²) in [4.78, 5) is 13.3. The molecule has 29 heavy (non-hydrogen) atoms. The van der Waals surface area contributed by atoms with Crippen LogP contribution in [0.2, 0.25) is 0 Å². The minimum atomic E-state index is -1.17. The number of pyridine rings is 2. The first-order chi connectivity index (χ1) is 14.0. The maximum atomic E-state index is 13.3. The molecule has 1 unspecified atom stereocenters. The Balaban J connectivity index is 1.77. The van der Waals surface area contributed by atoms with Gasteiger partial charge in [-0.15, -0.1) is 0 Å². The Morgan fingerprint density at radius 3 is 2.34 bits per heavy atom. The van der Waals surface area contributed by atoms with E-state index in [2.05, 4.69) is 15.0 Å². The Bertz CT molecular complexity index is 1160. The fraction of sp³-hybridized carbons (Fsp3) is 0.0952. The molecule has 8 heteroatoms. The molecule has 0 spiro atoms. The second-order valence-electron chi connectivity index (χ2n) is 6.28. The summed E-state index contributed by atoms with van der Waals surface area (Å²) in [5, 5.41) is 1.80. The molecular weight excluding hydrogens is 409 g/mol. The third-order valence-corrected chi connectivity index (χ3v) is 5.82. The molecule has 0 aliphatic carbocycles. The average molecular weight is 426 g/mol. The lowest BCUT2D eigenvalue weighted by atomic mass is 10.2. The first-order valence-corrected chi connectivity index (χ1v) is 11.0. The Morgan fingerprint density at radius 2 is 1.72 bits per heavy atom. The van der Waals surface area contributed by atoms with Crippen LogP contribution in [0.4, 0.5) is 4.39 Å². The summed E-state index contributed by atoms with van der Waals surface area (Å²) in [5.41, 5.74) is 3.05. The minimum Gasteiger partial charge on any atom is -0.429 e. The van der Waals surface area contributed by atoms with Crippen molar-refractivity contribution in [2.45, 2.75) is 22.1 Å². The van der Waals surface area contributed by atoms with Gasteiger partial charge in [0.2, 0.25) is 5.89 Å². The lowest BCUT2D eigenvalue weighted by Crippen LogP contribution is -1.92. The second kappa shape index (κ2) is 8.26. The van der Waals surface area contributed by atoms with Gasteiger partial charge < -0.3 is 4.42 Å². The van der Waals surface area contributed by atoms with Crippen LogP contribution in [0.15, 0.2) is 80.5 Å². The summed E-state index contributed by atoms with van der Waals surface area (Å²) in [5.74, 6) is 0.0455. The van der Waals surface area contributed by atoms with Crippen LogP contribution in [-0.2, 0) is 10.8 Å². The molecular formula is C21H16FN3O2S2. The molecule has 3 heterocycles. The maximum Gasteiger partial charge on any atom is 0.228 e. The standard InChI is InChI=1S/C21H16FN3O2S2/c1-13-3-9-17(23-11-13)28-21-19(15-6-10-18(24-12-15)29(2)26)25-20(27-21)14-4-7-16(22)8-5-14/h3-12H,1-2H3. The van der Waals surface area contributed by atoms with Crippen LogP contribution < -0.4 is 0 Å². The Hall–Kier alpha value is -2.84. The Kier molecular flexibility index (Phi) is 5.55. The average Bonchev–Trinajstić information content (AvgIpc) is 3.14. The van der Waals surface area contributed by atoms with Crippen molar-refractivity contribution in [1.82, 2.24) is 15.0 Å². The Morgan fingerprint density at radius 1 is 0.966 bits per heavy atom. The number of nitrogens with zero attached hydrogens (tertiary/aromatic N) is 3. The molecule has 0 fully saturated rings. The van der Waals surface area contributed by atoms with Crippen LogP contribution in [0, 0.1) is 12.7 Å².